The van der Waals surface area contributed by atoms with E-state index in [2.05, 4.69) is 21.2 Å². The van der Waals surface area contributed by atoms with E-state index in [0.717, 1.165) is 10.9 Å². The highest BCUT2D eigenvalue weighted by atomic mass is 79.9. The van der Waals surface area contributed by atoms with Crippen LogP contribution in [0.15, 0.2) is 28.7 Å². The molecule has 0 aliphatic carbocycles. The number of carbonyl (C=O) groups is 2. The zero-order valence-electron chi connectivity index (χ0n) is 11.7. The van der Waals surface area contributed by atoms with Gasteiger partial charge in [-0.1, -0.05) is 29.8 Å². The fourth-order valence-corrected chi connectivity index (χ4v) is 2.36. The van der Waals surface area contributed by atoms with Crippen LogP contribution in [0.5, 0.6) is 0 Å². The fourth-order valence-electron chi connectivity index (χ4n) is 2.09. The second-order valence-corrected chi connectivity index (χ2v) is 6.23. The Morgan fingerprint density at radius 3 is 2.35 bits per heavy atom. The Morgan fingerprint density at radius 1 is 1.25 bits per heavy atom. The van der Waals surface area contributed by atoms with Gasteiger partial charge in [-0.2, -0.15) is 0 Å². The van der Waals surface area contributed by atoms with Gasteiger partial charge in [0.1, 0.15) is 0 Å². The Kier molecular flexibility index (Phi) is 6.71. The summed E-state index contributed by atoms with van der Waals surface area (Å²) in [5.41, 5.74) is 0.576. The van der Waals surface area contributed by atoms with Crippen molar-refractivity contribution < 1.29 is 14.7 Å². The van der Waals surface area contributed by atoms with Crippen molar-refractivity contribution in [1.29, 1.82) is 0 Å². The first-order valence-corrected chi connectivity index (χ1v) is 7.43. The molecule has 1 atom stereocenters. The molecule has 2 N–H and O–H groups in total. The zero-order valence-corrected chi connectivity index (χ0v) is 13.3. The number of nitrogens with one attached hydrogen (secondary N) is 1. The molecule has 0 aliphatic rings. The highest BCUT2D eigenvalue weighted by Gasteiger charge is 2.16. The first-order chi connectivity index (χ1) is 9.38. The zero-order chi connectivity index (χ0) is 15.1. The van der Waals surface area contributed by atoms with Crippen LogP contribution in [-0.2, 0) is 4.79 Å². The molecular weight excluding hydrogens is 322 g/mol. The third kappa shape index (κ3) is 6.19. The monoisotopic (exact) mass is 341 g/mol. The van der Waals surface area contributed by atoms with Gasteiger partial charge in [0.25, 0.3) is 5.91 Å². The summed E-state index contributed by atoms with van der Waals surface area (Å²) in [6.45, 7) is 4.48. The first kappa shape index (κ1) is 16.7. The molecule has 5 heteroatoms. The second-order valence-electron chi connectivity index (χ2n) is 5.31. The lowest BCUT2D eigenvalue weighted by Gasteiger charge is -2.17. The van der Waals surface area contributed by atoms with Crippen LogP contribution < -0.4 is 5.32 Å². The van der Waals surface area contributed by atoms with E-state index in [4.69, 9.17) is 5.11 Å². The Morgan fingerprint density at radius 2 is 1.85 bits per heavy atom. The Bertz CT molecular complexity index is 457. The number of carboxylic acids is 1. The molecule has 0 saturated carbocycles. The maximum Gasteiger partial charge on any atom is 0.303 e. The molecule has 1 aromatic rings. The minimum atomic E-state index is -0.825. The molecule has 1 aromatic carbocycles. The predicted octanol–water partition coefficient (Wildman–Crippen LogP) is 3.32. The molecule has 0 radical (unpaired) electrons. The van der Waals surface area contributed by atoms with Crippen LogP contribution in [0, 0.1) is 11.8 Å². The predicted molar refractivity (Wildman–Crippen MR) is 81.7 cm³/mol. The minimum Gasteiger partial charge on any atom is -0.481 e. The molecule has 0 bridgehead atoms. The molecule has 20 heavy (non-hydrogen) atoms. The van der Waals surface area contributed by atoms with Crippen molar-refractivity contribution in [1.82, 2.24) is 5.32 Å². The molecule has 0 heterocycles. The van der Waals surface area contributed by atoms with Crippen molar-refractivity contribution in [3.05, 3.63) is 34.3 Å². The summed E-state index contributed by atoms with van der Waals surface area (Å²) >= 11 is 3.31. The van der Waals surface area contributed by atoms with E-state index < -0.39 is 5.97 Å². The van der Waals surface area contributed by atoms with Crippen molar-refractivity contribution in [3.63, 3.8) is 0 Å². The molecule has 0 aliphatic heterocycles. The lowest BCUT2D eigenvalue weighted by atomic mass is 9.94. The van der Waals surface area contributed by atoms with Gasteiger partial charge in [-0.3, -0.25) is 9.59 Å². The van der Waals surface area contributed by atoms with Crippen LogP contribution in [0.1, 0.15) is 37.0 Å². The smallest absolute Gasteiger partial charge is 0.303 e. The van der Waals surface area contributed by atoms with E-state index in [-0.39, 0.29) is 18.2 Å². The summed E-state index contributed by atoms with van der Waals surface area (Å²) in [7, 11) is 0. The average molecular weight is 342 g/mol. The topological polar surface area (TPSA) is 66.4 Å². The molecule has 0 aromatic heterocycles. The summed E-state index contributed by atoms with van der Waals surface area (Å²) in [6, 6.07) is 7.07. The first-order valence-electron chi connectivity index (χ1n) is 6.64. The van der Waals surface area contributed by atoms with E-state index in [1.165, 1.54) is 0 Å². The molecule has 0 saturated heterocycles. The number of aliphatic carboxylic acids is 1. The number of rotatable bonds is 7. The van der Waals surface area contributed by atoms with Crippen molar-refractivity contribution >= 4 is 27.8 Å². The third-order valence-corrected chi connectivity index (χ3v) is 3.45. The van der Waals surface area contributed by atoms with E-state index in [0.29, 0.717) is 18.0 Å². The maximum atomic E-state index is 12.0. The molecule has 110 valence electrons. The lowest BCUT2D eigenvalue weighted by Crippen LogP contribution is -2.31. The van der Waals surface area contributed by atoms with Gasteiger partial charge in [-0.05, 0) is 42.5 Å². The number of amides is 1. The van der Waals surface area contributed by atoms with Gasteiger partial charge in [0.2, 0.25) is 0 Å². The molecule has 1 unspecified atom stereocenters. The normalized spacial score (nSPS) is 12.2. The second kappa shape index (κ2) is 8.04. The number of benzene rings is 1. The van der Waals surface area contributed by atoms with Crippen LogP contribution in [0.3, 0.4) is 0 Å². The van der Waals surface area contributed by atoms with Crippen molar-refractivity contribution in [3.8, 4) is 0 Å². The van der Waals surface area contributed by atoms with Gasteiger partial charge >= 0.3 is 5.97 Å². The number of halogens is 1. The van der Waals surface area contributed by atoms with Gasteiger partial charge in [0, 0.05) is 23.0 Å². The van der Waals surface area contributed by atoms with E-state index in [9.17, 15) is 9.59 Å². The average Bonchev–Trinajstić information content (AvgIpc) is 2.35. The summed E-state index contributed by atoms with van der Waals surface area (Å²) in [5, 5.41) is 11.7. The van der Waals surface area contributed by atoms with E-state index in [1.54, 1.807) is 24.3 Å². The van der Waals surface area contributed by atoms with Crippen molar-refractivity contribution in [2.45, 2.75) is 26.7 Å². The van der Waals surface area contributed by atoms with Crippen molar-refractivity contribution in [2.75, 3.05) is 6.54 Å². The standard InChI is InChI=1S/C15H20BrNO3/c1-10(2)7-11(8-14(18)19)9-17-15(20)12-3-5-13(16)6-4-12/h3-6,10-11H,7-9H2,1-2H3,(H,17,20)(H,18,19). The van der Waals surface area contributed by atoms with E-state index in [1.807, 2.05) is 13.8 Å². The van der Waals surface area contributed by atoms with Gasteiger partial charge in [0.05, 0.1) is 0 Å². The summed E-state index contributed by atoms with van der Waals surface area (Å²) in [6.07, 6.45) is 0.867. The maximum absolute atomic E-state index is 12.0. The SMILES string of the molecule is CC(C)CC(CNC(=O)c1ccc(Br)cc1)CC(=O)O. The molecule has 1 rings (SSSR count). The molecule has 4 nitrogen and oxygen atoms in total. The quantitative estimate of drug-likeness (QED) is 0.799. The van der Waals surface area contributed by atoms with Crippen LogP contribution >= 0.6 is 15.9 Å². The van der Waals surface area contributed by atoms with Crippen molar-refractivity contribution in [2.24, 2.45) is 11.8 Å². The molecule has 0 fully saturated rings. The number of carbonyl (C=O) groups excluding carboxylic acids is 1. The molecular formula is C15H20BrNO3. The largest absolute Gasteiger partial charge is 0.481 e. The number of hydrogen-bond acceptors (Lipinski definition) is 2. The lowest BCUT2D eigenvalue weighted by molar-refractivity contribution is -0.138. The summed E-state index contributed by atoms with van der Waals surface area (Å²) in [5.74, 6) is -0.624. The fraction of sp³-hybridized carbons (Fsp3) is 0.467. The highest BCUT2D eigenvalue weighted by Crippen LogP contribution is 2.15. The van der Waals surface area contributed by atoms with Crippen LogP contribution in [0.2, 0.25) is 0 Å². The summed E-state index contributed by atoms with van der Waals surface area (Å²) < 4.78 is 0.914. The third-order valence-electron chi connectivity index (χ3n) is 2.93. The van der Waals surface area contributed by atoms with Crippen LogP contribution in [0.25, 0.3) is 0 Å². The molecule has 0 spiro atoms. The van der Waals surface area contributed by atoms with Gasteiger partial charge < -0.3 is 10.4 Å². The van der Waals surface area contributed by atoms with Gasteiger partial charge in [-0.15, -0.1) is 0 Å². The Hall–Kier alpha value is -1.36. The van der Waals surface area contributed by atoms with Crippen LogP contribution in [-0.4, -0.2) is 23.5 Å². The Labute approximate surface area is 127 Å². The number of carboxylic acid groups (broad SMARTS) is 1. The highest BCUT2D eigenvalue weighted by molar-refractivity contribution is 9.10. The minimum absolute atomic E-state index is 0.0353. The van der Waals surface area contributed by atoms with Gasteiger partial charge in [0.15, 0.2) is 0 Å². The number of hydrogen-bond donors (Lipinski definition) is 2. The molecule has 1 amide bonds. The van der Waals surface area contributed by atoms with Gasteiger partial charge in [-0.25, -0.2) is 0 Å². The van der Waals surface area contributed by atoms with E-state index >= 15 is 0 Å². The Balaban J connectivity index is 2.55. The van der Waals surface area contributed by atoms with Crippen LogP contribution in [0.4, 0.5) is 0 Å². The summed E-state index contributed by atoms with van der Waals surface area (Å²) in [4.78, 5) is 22.8.